The molecule has 0 radical (unpaired) electrons. The van der Waals surface area contributed by atoms with E-state index < -0.39 is 0 Å². The van der Waals surface area contributed by atoms with Gasteiger partial charge in [-0.3, -0.25) is 4.79 Å². The van der Waals surface area contributed by atoms with Crippen LogP contribution in [0.2, 0.25) is 0 Å². The third-order valence-corrected chi connectivity index (χ3v) is 4.67. The lowest BCUT2D eigenvalue weighted by Crippen LogP contribution is -2.17. The highest BCUT2D eigenvalue weighted by molar-refractivity contribution is 7.99. The molecule has 0 saturated carbocycles. The quantitative estimate of drug-likeness (QED) is 0.682. The van der Waals surface area contributed by atoms with Crippen molar-refractivity contribution in [2.24, 2.45) is 0 Å². The van der Waals surface area contributed by atoms with E-state index in [9.17, 15) is 4.79 Å². The van der Waals surface area contributed by atoms with Gasteiger partial charge in [-0.05, 0) is 25.0 Å². The second-order valence-electron chi connectivity index (χ2n) is 5.02. The summed E-state index contributed by atoms with van der Waals surface area (Å²) in [6.07, 6.45) is 6.03. The summed E-state index contributed by atoms with van der Waals surface area (Å²) in [5.74, 6) is 0. The number of para-hydroxylation sites is 1. The Morgan fingerprint density at radius 2 is 1.95 bits per heavy atom. The summed E-state index contributed by atoms with van der Waals surface area (Å²) in [5.41, 5.74) is 3.01. The van der Waals surface area contributed by atoms with Crippen molar-refractivity contribution >= 4 is 35.5 Å². The Balaban J connectivity index is 0.00000161. The van der Waals surface area contributed by atoms with Crippen LogP contribution in [0.5, 0.6) is 0 Å². The van der Waals surface area contributed by atoms with Gasteiger partial charge in [-0.2, -0.15) is 0 Å². The lowest BCUT2D eigenvalue weighted by Gasteiger charge is -2.22. The lowest BCUT2D eigenvalue weighted by molar-refractivity contribution is 0.712. The van der Waals surface area contributed by atoms with Crippen LogP contribution < -0.4 is 10.9 Å². The monoisotopic (exact) mass is 322 g/mol. The highest BCUT2D eigenvalue weighted by Gasteiger charge is 2.19. The molecule has 0 atom stereocenters. The number of hydrogen-bond donors (Lipinski definition) is 2. The normalized spacial score (nSPS) is 11.9. The van der Waals surface area contributed by atoms with Gasteiger partial charge in [0.05, 0.1) is 16.3 Å². The average molecular weight is 323 g/mol. The smallest absolute Gasteiger partial charge is 0.253 e. The predicted octanol–water partition coefficient (Wildman–Crippen LogP) is 4.74. The van der Waals surface area contributed by atoms with E-state index in [-0.39, 0.29) is 18.0 Å². The largest absolute Gasteiger partial charge is 0.353 e. The molecule has 5 heteroatoms. The van der Waals surface area contributed by atoms with Crippen LogP contribution in [-0.2, 0) is 6.42 Å². The molecule has 1 aliphatic heterocycles. The minimum Gasteiger partial charge on any atom is -0.353 e. The van der Waals surface area contributed by atoms with E-state index in [1.807, 2.05) is 18.3 Å². The van der Waals surface area contributed by atoms with Crippen LogP contribution in [0.15, 0.2) is 45.0 Å². The van der Waals surface area contributed by atoms with Gasteiger partial charge in [0.15, 0.2) is 0 Å². The Morgan fingerprint density at radius 1 is 1.14 bits per heavy atom. The number of H-pyrrole nitrogens is 1. The first-order valence-electron chi connectivity index (χ1n) is 7.08. The lowest BCUT2D eigenvalue weighted by atomic mass is 10.1. The first-order chi connectivity index (χ1) is 9.79. The number of rotatable bonds is 4. The molecule has 0 fully saturated rings. The highest BCUT2D eigenvalue weighted by Crippen LogP contribution is 2.44. The summed E-state index contributed by atoms with van der Waals surface area (Å²) < 4.78 is 0. The number of unbranched alkanes of at least 4 members (excludes halogenated alkanes) is 2. The summed E-state index contributed by atoms with van der Waals surface area (Å²) in [7, 11) is 0. The Morgan fingerprint density at radius 3 is 2.76 bits per heavy atom. The van der Waals surface area contributed by atoms with Crippen molar-refractivity contribution in [3.05, 3.63) is 46.4 Å². The van der Waals surface area contributed by atoms with Gasteiger partial charge in [0.1, 0.15) is 0 Å². The van der Waals surface area contributed by atoms with Gasteiger partial charge in [0.25, 0.3) is 5.56 Å². The number of fused-ring (bicyclic) bond motifs is 2. The Bertz CT molecular complexity index is 684. The minimum absolute atomic E-state index is 0. The molecular weight excluding hydrogens is 304 g/mol. The van der Waals surface area contributed by atoms with Crippen molar-refractivity contribution in [2.75, 3.05) is 5.32 Å². The number of halogens is 1. The van der Waals surface area contributed by atoms with Crippen molar-refractivity contribution in [3.8, 4) is 0 Å². The van der Waals surface area contributed by atoms with Crippen LogP contribution in [-0.4, -0.2) is 4.98 Å². The Kier molecular flexibility index (Phi) is 5.37. The summed E-state index contributed by atoms with van der Waals surface area (Å²) in [5, 5.41) is 3.44. The van der Waals surface area contributed by atoms with Gasteiger partial charge in [-0.15, -0.1) is 12.4 Å². The summed E-state index contributed by atoms with van der Waals surface area (Å²) >= 11 is 1.71. The van der Waals surface area contributed by atoms with Crippen molar-refractivity contribution in [3.63, 3.8) is 0 Å². The molecule has 0 saturated heterocycles. The fourth-order valence-electron chi connectivity index (χ4n) is 2.47. The molecule has 3 rings (SSSR count). The van der Waals surface area contributed by atoms with Crippen molar-refractivity contribution in [1.82, 2.24) is 4.98 Å². The first-order valence-corrected chi connectivity index (χ1v) is 7.89. The molecule has 1 aromatic heterocycles. The van der Waals surface area contributed by atoms with Gasteiger partial charge in [0, 0.05) is 16.7 Å². The molecule has 0 amide bonds. The molecule has 21 heavy (non-hydrogen) atoms. The molecule has 1 aliphatic rings. The number of aromatic amines is 1. The predicted molar refractivity (Wildman–Crippen MR) is 91.4 cm³/mol. The van der Waals surface area contributed by atoms with Crippen molar-refractivity contribution in [1.29, 1.82) is 0 Å². The average Bonchev–Trinajstić information content (AvgIpc) is 2.48. The third kappa shape index (κ3) is 3.27. The molecule has 2 aromatic rings. The maximum atomic E-state index is 12.1. The van der Waals surface area contributed by atoms with E-state index in [0.717, 1.165) is 47.5 Å². The van der Waals surface area contributed by atoms with Crippen LogP contribution in [0.1, 0.15) is 31.7 Å². The van der Waals surface area contributed by atoms with Crippen molar-refractivity contribution < 1.29 is 0 Å². The Labute approximate surface area is 135 Å². The van der Waals surface area contributed by atoms with E-state index in [2.05, 4.69) is 29.4 Å². The van der Waals surface area contributed by atoms with Crippen LogP contribution in [0.25, 0.3) is 0 Å². The zero-order valence-corrected chi connectivity index (χ0v) is 13.6. The van der Waals surface area contributed by atoms with Crippen LogP contribution in [0, 0.1) is 0 Å². The van der Waals surface area contributed by atoms with Crippen LogP contribution in [0.3, 0.4) is 0 Å². The third-order valence-electron chi connectivity index (χ3n) is 3.55. The second kappa shape index (κ2) is 7.05. The Hall–Kier alpha value is -1.39. The standard InChI is InChI=1S/C16H18N2OS.ClH/c1-2-3-4-7-11-15-14(10-17-16(11)19)20-13-9-6-5-8-12(13)18-15;/h5-6,8-10,18H,2-4,7H2,1H3,(H,17,19);1H. The second-order valence-corrected chi connectivity index (χ2v) is 6.10. The van der Waals surface area contributed by atoms with E-state index in [0.29, 0.717) is 0 Å². The van der Waals surface area contributed by atoms with E-state index in [1.54, 1.807) is 11.8 Å². The molecule has 0 unspecified atom stereocenters. The van der Waals surface area contributed by atoms with Gasteiger partial charge in [-0.1, -0.05) is 43.7 Å². The topological polar surface area (TPSA) is 44.9 Å². The SMILES string of the molecule is CCCCCc1c2c(c[nH]c1=O)Sc1ccccc1N2.Cl. The molecule has 0 bridgehead atoms. The molecule has 2 N–H and O–H groups in total. The number of nitrogens with one attached hydrogen (secondary N) is 2. The number of hydrogen-bond acceptors (Lipinski definition) is 3. The van der Waals surface area contributed by atoms with Gasteiger partial charge in [-0.25, -0.2) is 0 Å². The highest BCUT2D eigenvalue weighted by atomic mass is 35.5. The van der Waals surface area contributed by atoms with E-state index in [4.69, 9.17) is 0 Å². The molecule has 3 nitrogen and oxygen atoms in total. The zero-order valence-electron chi connectivity index (χ0n) is 11.9. The number of anilines is 2. The minimum atomic E-state index is 0. The zero-order chi connectivity index (χ0) is 13.9. The molecule has 0 spiro atoms. The molecular formula is C16H19ClN2OS. The van der Waals surface area contributed by atoms with Gasteiger partial charge < -0.3 is 10.3 Å². The number of pyridine rings is 1. The van der Waals surface area contributed by atoms with E-state index >= 15 is 0 Å². The summed E-state index contributed by atoms with van der Waals surface area (Å²) in [6, 6.07) is 8.20. The van der Waals surface area contributed by atoms with Gasteiger partial charge >= 0.3 is 0 Å². The fourth-order valence-corrected chi connectivity index (χ4v) is 3.48. The molecule has 2 heterocycles. The van der Waals surface area contributed by atoms with Crippen LogP contribution in [0.4, 0.5) is 11.4 Å². The maximum Gasteiger partial charge on any atom is 0.253 e. The molecule has 1 aromatic carbocycles. The molecule has 112 valence electrons. The number of benzene rings is 1. The fraction of sp³-hybridized carbons (Fsp3) is 0.312. The summed E-state index contributed by atoms with van der Waals surface area (Å²) in [4.78, 5) is 17.3. The summed E-state index contributed by atoms with van der Waals surface area (Å²) in [6.45, 7) is 2.18. The first kappa shape index (κ1) is 16.0. The van der Waals surface area contributed by atoms with Crippen molar-refractivity contribution in [2.45, 2.75) is 42.4 Å². The number of aromatic nitrogens is 1. The molecule has 0 aliphatic carbocycles. The van der Waals surface area contributed by atoms with E-state index in [1.165, 1.54) is 4.90 Å². The maximum absolute atomic E-state index is 12.1. The van der Waals surface area contributed by atoms with Gasteiger partial charge in [0.2, 0.25) is 0 Å². The van der Waals surface area contributed by atoms with Crippen LogP contribution >= 0.6 is 24.2 Å².